The third-order valence-corrected chi connectivity index (χ3v) is 4.96. The quantitative estimate of drug-likeness (QED) is 0.743. The highest BCUT2D eigenvalue weighted by Gasteiger charge is 2.30. The maximum absolute atomic E-state index is 12.3. The van der Waals surface area contributed by atoms with Gasteiger partial charge in [-0.15, -0.1) is 0 Å². The first-order chi connectivity index (χ1) is 13.4. The molecule has 8 nitrogen and oxygen atoms in total. The topological polar surface area (TPSA) is 94.2 Å². The van der Waals surface area contributed by atoms with Crippen LogP contribution in [-0.4, -0.2) is 63.9 Å². The Balaban J connectivity index is 1.87. The summed E-state index contributed by atoms with van der Waals surface area (Å²) >= 11 is 0. The van der Waals surface area contributed by atoms with Crippen LogP contribution in [0.2, 0.25) is 0 Å². The summed E-state index contributed by atoms with van der Waals surface area (Å²) in [6.45, 7) is 12.3. The van der Waals surface area contributed by atoms with Gasteiger partial charge in [0.05, 0.1) is 11.8 Å². The Bertz CT molecular complexity index is 875. The van der Waals surface area contributed by atoms with E-state index in [1.165, 1.54) is 6.08 Å². The van der Waals surface area contributed by atoms with Crippen LogP contribution in [0.1, 0.15) is 37.6 Å². The van der Waals surface area contributed by atoms with E-state index in [9.17, 15) is 9.59 Å². The van der Waals surface area contributed by atoms with E-state index in [2.05, 4.69) is 40.6 Å². The smallest absolute Gasteiger partial charge is 0.255 e. The van der Waals surface area contributed by atoms with Crippen molar-refractivity contribution in [1.82, 2.24) is 25.2 Å². The number of nitrogens with zero attached hydrogens (tertiary/aromatic N) is 4. The third kappa shape index (κ3) is 4.00. The molecule has 0 bridgehead atoms. The van der Waals surface area contributed by atoms with Crippen LogP contribution < -0.4 is 10.2 Å². The molecule has 3 rings (SSSR count). The fourth-order valence-electron chi connectivity index (χ4n) is 3.68. The van der Waals surface area contributed by atoms with Crippen molar-refractivity contribution in [2.45, 2.75) is 33.2 Å². The predicted molar refractivity (Wildman–Crippen MR) is 109 cm³/mol. The van der Waals surface area contributed by atoms with E-state index < -0.39 is 0 Å². The maximum Gasteiger partial charge on any atom is 0.255 e. The predicted octanol–water partition coefficient (Wildman–Crippen LogP) is 1.96. The minimum atomic E-state index is -0.167. The lowest BCUT2D eigenvalue weighted by atomic mass is 10.00. The molecule has 28 heavy (non-hydrogen) atoms. The highest BCUT2D eigenvalue weighted by atomic mass is 16.2. The Hall–Kier alpha value is -2.90. The van der Waals surface area contributed by atoms with Crippen LogP contribution in [0.3, 0.4) is 0 Å². The number of nitrogens with one attached hydrogen (secondary N) is 2. The number of fused-ring (bicyclic) bond motifs is 1. The molecule has 3 heterocycles. The van der Waals surface area contributed by atoms with Crippen molar-refractivity contribution >= 4 is 28.8 Å². The molecule has 1 saturated heterocycles. The molecule has 2 aromatic heterocycles. The van der Waals surface area contributed by atoms with Crippen LogP contribution in [0, 0.1) is 5.92 Å². The van der Waals surface area contributed by atoms with Crippen LogP contribution in [0.5, 0.6) is 0 Å². The van der Waals surface area contributed by atoms with Crippen molar-refractivity contribution in [1.29, 1.82) is 0 Å². The second-order valence-electron chi connectivity index (χ2n) is 7.45. The molecular weight excluding hydrogens is 356 g/mol. The average Bonchev–Trinajstić information content (AvgIpc) is 3.10. The third-order valence-electron chi connectivity index (χ3n) is 4.96. The summed E-state index contributed by atoms with van der Waals surface area (Å²) in [6.07, 6.45) is 5.65. The number of hydrogen-bond acceptors (Lipinski definition) is 5. The standard InChI is InChI=1S/C20H28N6O2/c1-5-17(27)26-8-7-25(12-14(26)9-13(3)4)16-11-23-19-18(24-16)15(10-22-19)20(28)21-6-2/h5,10-11,13-14H,1,6-9,12H2,2-4H3,(H,21,28)(H,22,23)/t14-/m0/s1. The average molecular weight is 384 g/mol. The molecule has 1 aliphatic rings. The zero-order valence-corrected chi connectivity index (χ0v) is 16.7. The number of aromatic nitrogens is 3. The van der Waals surface area contributed by atoms with Gasteiger partial charge in [0.1, 0.15) is 11.3 Å². The first kappa shape index (κ1) is 19.9. The summed E-state index contributed by atoms with van der Waals surface area (Å²) in [4.78, 5) is 40.7. The normalized spacial score (nSPS) is 17.2. The van der Waals surface area contributed by atoms with E-state index >= 15 is 0 Å². The summed E-state index contributed by atoms with van der Waals surface area (Å²) in [7, 11) is 0. The SMILES string of the molecule is C=CC(=O)N1CCN(c2cnc3[nH]cc(C(=O)NCC)c3n2)C[C@@H]1CC(C)C. The van der Waals surface area contributed by atoms with Gasteiger partial charge in [0.15, 0.2) is 5.65 Å². The molecule has 150 valence electrons. The number of hydrogen-bond donors (Lipinski definition) is 2. The lowest BCUT2D eigenvalue weighted by molar-refractivity contribution is -0.129. The molecule has 2 aromatic rings. The van der Waals surface area contributed by atoms with Crippen molar-refractivity contribution < 1.29 is 9.59 Å². The van der Waals surface area contributed by atoms with Gasteiger partial charge in [-0.1, -0.05) is 20.4 Å². The Morgan fingerprint density at radius 3 is 2.89 bits per heavy atom. The first-order valence-corrected chi connectivity index (χ1v) is 9.74. The van der Waals surface area contributed by atoms with Gasteiger partial charge >= 0.3 is 0 Å². The minimum absolute atomic E-state index is 0.0315. The lowest BCUT2D eigenvalue weighted by Crippen LogP contribution is -2.55. The summed E-state index contributed by atoms with van der Waals surface area (Å²) in [5.41, 5.74) is 1.64. The van der Waals surface area contributed by atoms with Crippen LogP contribution in [0.15, 0.2) is 25.0 Å². The fraction of sp³-hybridized carbons (Fsp3) is 0.500. The first-order valence-electron chi connectivity index (χ1n) is 9.74. The van der Waals surface area contributed by atoms with E-state index in [0.717, 1.165) is 12.2 Å². The summed E-state index contributed by atoms with van der Waals surface area (Å²) in [6, 6.07) is 0.0887. The van der Waals surface area contributed by atoms with Gasteiger partial charge in [-0.05, 0) is 25.3 Å². The van der Waals surface area contributed by atoms with Crippen LogP contribution in [0.25, 0.3) is 11.2 Å². The number of amides is 2. The van der Waals surface area contributed by atoms with E-state index in [4.69, 9.17) is 4.98 Å². The van der Waals surface area contributed by atoms with Crippen LogP contribution in [-0.2, 0) is 4.79 Å². The molecule has 8 heteroatoms. The Kier molecular flexibility index (Phi) is 5.96. The second-order valence-corrected chi connectivity index (χ2v) is 7.45. The number of piperazine rings is 1. The molecule has 2 amide bonds. The molecule has 0 aliphatic carbocycles. The molecule has 1 aliphatic heterocycles. The molecule has 0 saturated carbocycles. The van der Waals surface area contributed by atoms with E-state index in [-0.39, 0.29) is 17.9 Å². The highest BCUT2D eigenvalue weighted by molar-refractivity contribution is 6.04. The van der Waals surface area contributed by atoms with Crippen molar-refractivity contribution in [3.8, 4) is 0 Å². The van der Waals surface area contributed by atoms with Crippen molar-refractivity contribution in [2.75, 3.05) is 31.1 Å². The van der Waals surface area contributed by atoms with Gasteiger partial charge in [-0.2, -0.15) is 0 Å². The second kappa shape index (κ2) is 8.41. The van der Waals surface area contributed by atoms with E-state index in [1.54, 1.807) is 12.4 Å². The highest BCUT2D eigenvalue weighted by Crippen LogP contribution is 2.24. The molecule has 2 N–H and O–H groups in total. The number of carbonyl (C=O) groups excluding carboxylic acids is 2. The van der Waals surface area contributed by atoms with Gasteiger partial charge < -0.3 is 20.1 Å². The number of H-pyrrole nitrogens is 1. The Morgan fingerprint density at radius 2 is 2.21 bits per heavy atom. The number of carbonyl (C=O) groups is 2. The molecule has 0 spiro atoms. The van der Waals surface area contributed by atoms with Crippen LogP contribution >= 0.6 is 0 Å². The van der Waals surface area contributed by atoms with Crippen molar-refractivity contribution in [2.24, 2.45) is 5.92 Å². The van der Waals surface area contributed by atoms with Crippen LogP contribution in [0.4, 0.5) is 5.82 Å². The largest absolute Gasteiger partial charge is 0.352 e. The van der Waals surface area contributed by atoms with E-state index in [0.29, 0.717) is 48.8 Å². The number of aromatic amines is 1. The van der Waals surface area contributed by atoms with Crippen molar-refractivity contribution in [3.05, 3.63) is 30.6 Å². The fourth-order valence-corrected chi connectivity index (χ4v) is 3.68. The van der Waals surface area contributed by atoms with Crippen molar-refractivity contribution in [3.63, 3.8) is 0 Å². The Morgan fingerprint density at radius 1 is 1.43 bits per heavy atom. The van der Waals surface area contributed by atoms with Gasteiger partial charge in [-0.3, -0.25) is 9.59 Å². The van der Waals surface area contributed by atoms with Gasteiger partial charge in [-0.25, -0.2) is 9.97 Å². The summed E-state index contributed by atoms with van der Waals surface area (Å²) < 4.78 is 0. The van der Waals surface area contributed by atoms with Gasteiger partial charge in [0.2, 0.25) is 5.91 Å². The molecule has 0 unspecified atom stereocenters. The molecular formula is C20H28N6O2. The summed E-state index contributed by atoms with van der Waals surface area (Å²) in [5, 5.41) is 2.80. The zero-order valence-electron chi connectivity index (χ0n) is 16.7. The number of rotatable bonds is 6. The van der Waals surface area contributed by atoms with Gasteiger partial charge in [0, 0.05) is 38.4 Å². The molecule has 0 radical (unpaired) electrons. The number of anilines is 1. The monoisotopic (exact) mass is 384 g/mol. The maximum atomic E-state index is 12.3. The van der Waals surface area contributed by atoms with Gasteiger partial charge in [0.25, 0.3) is 5.91 Å². The van der Waals surface area contributed by atoms with E-state index in [1.807, 2.05) is 11.8 Å². The Labute approximate surface area is 165 Å². The zero-order chi connectivity index (χ0) is 20.3. The molecule has 1 fully saturated rings. The lowest BCUT2D eigenvalue weighted by Gasteiger charge is -2.42. The molecule has 0 aromatic carbocycles. The minimum Gasteiger partial charge on any atom is -0.352 e. The molecule has 1 atom stereocenters. The summed E-state index contributed by atoms with van der Waals surface area (Å²) in [5.74, 6) is 0.986.